The van der Waals surface area contributed by atoms with Crippen molar-refractivity contribution >= 4 is 21.7 Å². The van der Waals surface area contributed by atoms with Gasteiger partial charge in [0.2, 0.25) is 0 Å². The molecule has 0 radical (unpaired) electrons. The van der Waals surface area contributed by atoms with Gasteiger partial charge in [0, 0.05) is 22.0 Å². The van der Waals surface area contributed by atoms with Gasteiger partial charge in [0.15, 0.2) is 0 Å². The molecular weight excluding hydrogens is 302 g/mol. The monoisotopic (exact) mass is 319 g/mol. The molecule has 1 aromatic heterocycles. The topological polar surface area (TPSA) is 43.8 Å². The summed E-state index contributed by atoms with van der Waals surface area (Å²) in [7, 11) is 0. The molecule has 0 atom stereocenters. The van der Waals surface area contributed by atoms with Gasteiger partial charge in [0.05, 0.1) is 0 Å². The Kier molecular flexibility index (Phi) is 3.13. The van der Waals surface area contributed by atoms with E-state index in [1.807, 2.05) is 12.1 Å². The van der Waals surface area contributed by atoms with Crippen molar-refractivity contribution < 1.29 is 0 Å². The lowest BCUT2D eigenvalue weighted by molar-refractivity contribution is 0.576. The minimum absolute atomic E-state index is 0.354. The quantitative estimate of drug-likeness (QED) is 0.913. The van der Waals surface area contributed by atoms with E-state index in [1.165, 1.54) is 12.8 Å². The van der Waals surface area contributed by atoms with E-state index in [4.69, 9.17) is 10.7 Å². The van der Waals surface area contributed by atoms with E-state index in [9.17, 15) is 0 Å². The number of nitrogens with zero attached hydrogens (tertiary/aromatic N) is 2. The Morgan fingerprint density at radius 1 is 1.26 bits per heavy atom. The Bertz CT molecular complexity index is 595. The maximum Gasteiger partial charge on any atom is 0.131 e. The number of hydrogen-bond donors (Lipinski definition) is 1. The van der Waals surface area contributed by atoms with Crippen LogP contribution in [0, 0.1) is 0 Å². The predicted molar refractivity (Wildman–Crippen MR) is 82.1 cm³/mol. The Balaban J connectivity index is 2.11. The number of imidazole rings is 1. The van der Waals surface area contributed by atoms with Crippen molar-refractivity contribution in [3.8, 4) is 11.3 Å². The van der Waals surface area contributed by atoms with Crippen LogP contribution in [-0.4, -0.2) is 9.55 Å². The van der Waals surface area contributed by atoms with Crippen molar-refractivity contribution in [3.63, 3.8) is 0 Å². The molecule has 4 heteroatoms. The van der Waals surface area contributed by atoms with Gasteiger partial charge >= 0.3 is 0 Å². The molecule has 0 aliphatic heterocycles. The third kappa shape index (κ3) is 2.29. The predicted octanol–water partition coefficient (Wildman–Crippen LogP) is 4.35. The highest BCUT2D eigenvalue weighted by Gasteiger charge is 2.31. The highest BCUT2D eigenvalue weighted by atomic mass is 79.9. The highest BCUT2D eigenvalue weighted by Crippen LogP contribution is 2.43. The molecule has 1 fully saturated rings. The van der Waals surface area contributed by atoms with Crippen LogP contribution in [-0.2, 0) is 0 Å². The Morgan fingerprint density at radius 3 is 2.42 bits per heavy atom. The van der Waals surface area contributed by atoms with Crippen LogP contribution in [0.1, 0.15) is 44.5 Å². The van der Waals surface area contributed by atoms with Gasteiger partial charge in [-0.25, -0.2) is 4.98 Å². The van der Waals surface area contributed by atoms with Crippen molar-refractivity contribution in [2.75, 3.05) is 5.73 Å². The molecule has 100 valence electrons. The fourth-order valence-electron chi connectivity index (χ4n) is 2.46. The molecule has 0 bridgehead atoms. The minimum atomic E-state index is 0.354. The summed E-state index contributed by atoms with van der Waals surface area (Å²) in [6, 6.07) is 8.53. The van der Waals surface area contributed by atoms with E-state index in [-0.39, 0.29) is 0 Å². The summed E-state index contributed by atoms with van der Waals surface area (Å²) in [4.78, 5) is 4.82. The van der Waals surface area contributed by atoms with E-state index in [1.54, 1.807) is 0 Å². The molecule has 19 heavy (non-hydrogen) atoms. The molecule has 0 unspecified atom stereocenters. The molecule has 0 saturated heterocycles. The molecule has 1 heterocycles. The number of aromatic nitrogens is 2. The van der Waals surface area contributed by atoms with Crippen molar-refractivity contribution in [2.24, 2.45) is 0 Å². The fraction of sp³-hybridized carbons (Fsp3) is 0.400. The van der Waals surface area contributed by atoms with Gasteiger partial charge < -0.3 is 10.3 Å². The Hall–Kier alpha value is -1.29. The molecule has 0 spiro atoms. The minimum Gasteiger partial charge on any atom is -0.383 e. The zero-order valence-electron chi connectivity index (χ0n) is 11.2. The zero-order valence-corrected chi connectivity index (χ0v) is 12.8. The summed E-state index contributed by atoms with van der Waals surface area (Å²) < 4.78 is 3.26. The molecule has 0 amide bonds. The van der Waals surface area contributed by atoms with Crippen molar-refractivity contribution in [1.82, 2.24) is 9.55 Å². The van der Waals surface area contributed by atoms with E-state index < -0.39 is 0 Å². The van der Waals surface area contributed by atoms with Crippen LogP contribution < -0.4 is 5.73 Å². The van der Waals surface area contributed by atoms with Gasteiger partial charge in [-0.15, -0.1) is 0 Å². The summed E-state index contributed by atoms with van der Waals surface area (Å²) in [6.07, 6.45) is 2.48. The molecule has 2 N–H and O–H groups in total. The van der Waals surface area contributed by atoms with Gasteiger partial charge in [0.25, 0.3) is 0 Å². The Labute approximate surface area is 122 Å². The van der Waals surface area contributed by atoms with E-state index >= 15 is 0 Å². The standard InChI is InChI=1S/C15H18BrN3/c1-9(2)19-14(17)13(18-15(19)11-3-4-11)10-5-7-12(16)8-6-10/h5-9,11H,3-4,17H2,1-2H3. The number of anilines is 1. The lowest BCUT2D eigenvalue weighted by atomic mass is 10.1. The molecule has 1 aromatic carbocycles. The molecule has 1 saturated carbocycles. The highest BCUT2D eigenvalue weighted by molar-refractivity contribution is 9.10. The fourth-order valence-corrected chi connectivity index (χ4v) is 2.72. The van der Waals surface area contributed by atoms with Gasteiger partial charge in [-0.1, -0.05) is 28.1 Å². The lowest BCUT2D eigenvalue weighted by Crippen LogP contribution is -2.08. The number of halogens is 1. The molecular formula is C15H18BrN3. The van der Waals surface area contributed by atoms with Crippen molar-refractivity contribution in [1.29, 1.82) is 0 Å². The SMILES string of the molecule is CC(C)n1c(C2CC2)nc(-c2ccc(Br)cc2)c1N. The van der Waals surface area contributed by atoms with Gasteiger partial charge in [-0.2, -0.15) is 0 Å². The van der Waals surface area contributed by atoms with Gasteiger partial charge in [0.1, 0.15) is 17.3 Å². The van der Waals surface area contributed by atoms with Crippen LogP contribution in [0.2, 0.25) is 0 Å². The second kappa shape index (κ2) is 4.67. The summed E-state index contributed by atoms with van der Waals surface area (Å²) in [5, 5.41) is 0. The average molecular weight is 320 g/mol. The van der Waals surface area contributed by atoms with E-state index in [0.29, 0.717) is 12.0 Å². The third-order valence-corrected chi connectivity index (χ3v) is 4.08. The van der Waals surface area contributed by atoms with Crippen LogP contribution in [0.3, 0.4) is 0 Å². The van der Waals surface area contributed by atoms with Gasteiger partial charge in [-0.3, -0.25) is 0 Å². The van der Waals surface area contributed by atoms with Crippen LogP contribution >= 0.6 is 15.9 Å². The molecule has 1 aliphatic carbocycles. The lowest BCUT2D eigenvalue weighted by Gasteiger charge is -2.13. The van der Waals surface area contributed by atoms with Crippen molar-refractivity contribution in [2.45, 2.75) is 38.6 Å². The number of benzene rings is 1. The van der Waals surface area contributed by atoms with E-state index in [2.05, 4.69) is 46.5 Å². The zero-order chi connectivity index (χ0) is 13.6. The average Bonchev–Trinajstić information content (AvgIpc) is 3.14. The molecule has 3 rings (SSSR count). The largest absolute Gasteiger partial charge is 0.383 e. The Morgan fingerprint density at radius 2 is 1.89 bits per heavy atom. The molecule has 2 aromatic rings. The number of hydrogen-bond acceptors (Lipinski definition) is 2. The summed E-state index contributed by atoms with van der Waals surface area (Å²) in [5.74, 6) is 2.55. The number of rotatable bonds is 3. The van der Waals surface area contributed by atoms with Gasteiger partial charge in [-0.05, 0) is 38.8 Å². The second-order valence-corrected chi connectivity index (χ2v) is 6.36. The van der Waals surface area contributed by atoms with E-state index in [0.717, 1.165) is 27.4 Å². The molecule has 1 aliphatic rings. The second-order valence-electron chi connectivity index (χ2n) is 5.45. The smallest absolute Gasteiger partial charge is 0.131 e. The van der Waals surface area contributed by atoms with Crippen LogP contribution in [0.4, 0.5) is 5.82 Å². The summed E-state index contributed by atoms with van der Waals surface area (Å²) in [5.41, 5.74) is 8.33. The van der Waals surface area contributed by atoms with Crippen molar-refractivity contribution in [3.05, 3.63) is 34.6 Å². The first kappa shape index (κ1) is 12.7. The third-order valence-electron chi connectivity index (χ3n) is 3.55. The summed E-state index contributed by atoms with van der Waals surface area (Å²) >= 11 is 3.46. The maximum absolute atomic E-state index is 6.33. The normalized spacial score (nSPS) is 15.2. The summed E-state index contributed by atoms with van der Waals surface area (Å²) in [6.45, 7) is 4.32. The number of nitrogen functional groups attached to an aromatic ring is 1. The van der Waals surface area contributed by atoms with Crippen LogP contribution in [0.5, 0.6) is 0 Å². The first-order valence-corrected chi connectivity index (χ1v) is 7.50. The molecule has 3 nitrogen and oxygen atoms in total. The maximum atomic E-state index is 6.33. The first-order valence-electron chi connectivity index (χ1n) is 6.71. The number of nitrogens with two attached hydrogens (primary N) is 1. The van der Waals surface area contributed by atoms with Crippen LogP contribution in [0.25, 0.3) is 11.3 Å². The first-order chi connectivity index (χ1) is 9.08. The van der Waals surface area contributed by atoms with Crippen LogP contribution in [0.15, 0.2) is 28.7 Å².